The molecule has 0 saturated carbocycles. The molecular formula is C16H20N2O3. The quantitative estimate of drug-likeness (QED) is 0.848. The van der Waals surface area contributed by atoms with Gasteiger partial charge in [-0.25, -0.2) is 0 Å². The molecule has 0 unspecified atom stereocenters. The van der Waals surface area contributed by atoms with Crippen LogP contribution in [0.3, 0.4) is 0 Å². The maximum atomic E-state index is 5.59. The highest BCUT2D eigenvalue weighted by Gasteiger charge is 2.11. The molecule has 0 spiro atoms. The Labute approximate surface area is 124 Å². The van der Waals surface area contributed by atoms with Crippen molar-refractivity contribution in [2.45, 2.75) is 13.5 Å². The van der Waals surface area contributed by atoms with E-state index >= 15 is 0 Å². The topological polar surface area (TPSA) is 52.6 Å². The van der Waals surface area contributed by atoms with Gasteiger partial charge >= 0.3 is 0 Å². The van der Waals surface area contributed by atoms with Gasteiger partial charge in [0.15, 0.2) is 11.5 Å². The van der Waals surface area contributed by atoms with Crippen LogP contribution in [0.1, 0.15) is 12.6 Å². The Kier molecular flexibility index (Phi) is 5.26. The number of nitrogens with one attached hydrogen (secondary N) is 1. The van der Waals surface area contributed by atoms with Gasteiger partial charge in [0.25, 0.3) is 0 Å². The molecule has 0 radical (unpaired) electrons. The lowest BCUT2D eigenvalue weighted by molar-refractivity contribution is 0.341. The summed E-state index contributed by atoms with van der Waals surface area (Å²) in [4.78, 5) is 4.34. The summed E-state index contributed by atoms with van der Waals surface area (Å²) in [6, 6.07) is 9.58. The second-order valence-corrected chi connectivity index (χ2v) is 4.28. The molecule has 2 aromatic rings. The second-order valence-electron chi connectivity index (χ2n) is 4.28. The highest BCUT2D eigenvalue weighted by Crippen LogP contribution is 2.30. The molecule has 0 atom stereocenters. The molecular weight excluding hydrogens is 268 g/mol. The zero-order valence-electron chi connectivity index (χ0n) is 12.6. The van der Waals surface area contributed by atoms with Gasteiger partial charge in [-0.1, -0.05) is 12.1 Å². The standard InChI is InChI=1S/C16H20N2O3/c1-4-21-14-8-6-5-7-12(14)18-11-13-16(20-3)15(19-2)9-10-17-13/h5-10,18H,4,11H2,1-3H3. The normalized spacial score (nSPS) is 10.0. The Morgan fingerprint density at radius 1 is 1.05 bits per heavy atom. The van der Waals surface area contributed by atoms with Crippen molar-refractivity contribution in [3.63, 3.8) is 0 Å². The van der Waals surface area contributed by atoms with E-state index in [1.807, 2.05) is 31.2 Å². The summed E-state index contributed by atoms with van der Waals surface area (Å²) in [5, 5.41) is 3.32. The third-order valence-electron chi connectivity index (χ3n) is 3.00. The van der Waals surface area contributed by atoms with Crippen LogP contribution in [0.2, 0.25) is 0 Å². The van der Waals surface area contributed by atoms with E-state index in [-0.39, 0.29) is 0 Å². The molecule has 5 nitrogen and oxygen atoms in total. The lowest BCUT2D eigenvalue weighted by atomic mass is 10.2. The van der Waals surface area contributed by atoms with Gasteiger partial charge in [-0.3, -0.25) is 4.98 Å². The van der Waals surface area contributed by atoms with Gasteiger partial charge in [-0.2, -0.15) is 0 Å². The van der Waals surface area contributed by atoms with Crippen molar-refractivity contribution in [2.75, 3.05) is 26.1 Å². The average molecular weight is 288 g/mol. The summed E-state index contributed by atoms with van der Waals surface area (Å²) in [6.07, 6.45) is 1.70. The van der Waals surface area contributed by atoms with Crippen LogP contribution in [-0.2, 0) is 6.54 Å². The van der Waals surface area contributed by atoms with Crippen molar-refractivity contribution in [2.24, 2.45) is 0 Å². The number of hydrogen-bond acceptors (Lipinski definition) is 5. The third kappa shape index (κ3) is 3.56. The Hall–Kier alpha value is -2.43. The van der Waals surface area contributed by atoms with E-state index in [1.54, 1.807) is 26.5 Å². The van der Waals surface area contributed by atoms with Gasteiger partial charge in [-0.15, -0.1) is 0 Å². The zero-order valence-corrected chi connectivity index (χ0v) is 12.6. The lowest BCUT2D eigenvalue weighted by Gasteiger charge is -2.14. The summed E-state index contributed by atoms with van der Waals surface area (Å²) in [5.41, 5.74) is 1.70. The molecule has 21 heavy (non-hydrogen) atoms. The lowest BCUT2D eigenvalue weighted by Crippen LogP contribution is -2.06. The fourth-order valence-corrected chi connectivity index (χ4v) is 2.05. The molecule has 0 bridgehead atoms. The van der Waals surface area contributed by atoms with Gasteiger partial charge in [0.2, 0.25) is 0 Å². The summed E-state index contributed by atoms with van der Waals surface area (Å²) in [7, 11) is 3.22. The zero-order chi connectivity index (χ0) is 15.1. The minimum absolute atomic E-state index is 0.518. The second kappa shape index (κ2) is 7.38. The average Bonchev–Trinajstić information content (AvgIpc) is 2.53. The number of rotatable bonds is 7. The van der Waals surface area contributed by atoms with E-state index in [2.05, 4.69) is 10.3 Å². The Morgan fingerprint density at radius 3 is 2.57 bits per heavy atom. The minimum Gasteiger partial charge on any atom is -0.493 e. The monoisotopic (exact) mass is 288 g/mol. The van der Waals surface area contributed by atoms with Crippen molar-refractivity contribution in [3.8, 4) is 17.2 Å². The van der Waals surface area contributed by atoms with Crippen LogP contribution < -0.4 is 19.5 Å². The number of anilines is 1. The summed E-state index contributed by atoms with van der Waals surface area (Å²) >= 11 is 0. The van der Waals surface area contributed by atoms with Crippen molar-refractivity contribution < 1.29 is 14.2 Å². The molecule has 1 N–H and O–H groups in total. The van der Waals surface area contributed by atoms with Gasteiger partial charge in [0, 0.05) is 12.3 Å². The predicted molar refractivity (Wildman–Crippen MR) is 82.3 cm³/mol. The number of pyridine rings is 1. The van der Waals surface area contributed by atoms with Crippen molar-refractivity contribution in [1.82, 2.24) is 4.98 Å². The van der Waals surface area contributed by atoms with Gasteiger partial charge < -0.3 is 19.5 Å². The smallest absolute Gasteiger partial charge is 0.184 e. The first kappa shape index (κ1) is 15.0. The van der Waals surface area contributed by atoms with Gasteiger partial charge in [0.1, 0.15) is 11.4 Å². The number of aromatic nitrogens is 1. The maximum absolute atomic E-state index is 5.59. The first-order chi connectivity index (χ1) is 10.3. The van der Waals surface area contributed by atoms with Gasteiger partial charge in [-0.05, 0) is 19.1 Å². The molecule has 0 aliphatic rings. The molecule has 5 heteroatoms. The molecule has 0 aliphatic carbocycles. The van der Waals surface area contributed by atoms with Crippen LogP contribution in [0.25, 0.3) is 0 Å². The van der Waals surface area contributed by atoms with Gasteiger partial charge in [0.05, 0.1) is 33.1 Å². The first-order valence-electron chi connectivity index (χ1n) is 6.81. The van der Waals surface area contributed by atoms with Crippen molar-refractivity contribution >= 4 is 5.69 Å². The Balaban J connectivity index is 2.17. The summed E-state index contributed by atoms with van der Waals surface area (Å²) in [6.45, 7) is 3.10. The molecule has 2 rings (SSSR count). The van der Waals surface area contributed by atoms with E-state index in [4.69, 9.17) is 14.2 Å². The third-order valence-corrected chi connectivity index (χ3v) is 3.00. The summed E-state index contributed by atoms with van der Waals surface area (Å²) < 4.78 is 16.2. The predicted octanol–water partition coefficient (Wildman–Crippen LogP) is 3.11. The van der Waals surface area contributed by atoms with Crippen LogP contribution in [0.4, 0.5) is 5.69 Å². The van der Waals surface area contributed by atoms with E-state index < -0.39 is 0 Å². The maximum Gasteiger partial charge on any atom is 0.184 e. The van der Waals surface area contributed by atoms with Crippen LogP contribution in [0.5, 0.6) is 17.2 Å². The number of methoxy groups -OCH3 is 2. The Morgan fingerprint density at radius 2 is 1.86 bits per heavy atom. The van der Waals surface area contributed by atoms with Crippen LogP contribution in [-0.4, -0.2) is 25.8 Å². The molecule has 0 aliphatic heterocycles. The highest BCUT2D eigenvalue weighted by molar-refractivity contribution is 5.57. The number of nitrogens with zero attached hydrogens (tertiary/aromatic N) is 1. The molecule has 1 aromatic heterocycles. The number of benzene rings is 1. The van der Waals surface area contributed by atoms with E-state index in [0.29, 0.717) is 24.7 Å². The summed E-state index contributed by atoms with van der Waals surface area (Å²) in [5.74, 6) is 2.13. The SMILES string of the molecule is CCOc1ccccc1NCc1nccc(OC)c1OC. The van der Waals surface area contributed by atoms with Crippen molar-refractivity contribution in [3.05, 3.63) is 42.2 Å². The number of para-hydroxylation sites is 2. The molecule has 0 amide bonds. The van der Waals surface area contributed by atoms with Crippen molar-refractivity contribution in [1.29, 1.82) is 0 Å². The Bertz CT molecular complexity index is 587. The molecule has 0 fully saturated rings. The van der Waals surface area contributed by atoms with E-state index in [1.165, 1.54) is 0 Å². The van der Waals surface area contributed by atoms with Crippen LogP contribution >= 0.6 is 0 Å². The van der Waals surface area contributed by atoms with E-state index in [0.717, 1.165) is 17.1 Å². The fourth-order valence-electron chi connectivity index (χ4n) is 2.05. The largest absolute Gasteiger partial charge is 0.493 e. The minimum atomic E-state index is 0.518. The van der Waals surface area contributed by atoms with Crippen LogP contribution in [0.15, 0.2) is 36.5 Å². The molecule has 112 valence electrons. The fraction of sp³-hybridized carbons (Fsp3) is 0.312. The first-order valence-corrected chi connectivity index (χ1v) is 6.81. The highest BCUT2D eigenvalue weighted by atomic mass is 16.5. The number of ether oxygens (including phenoxy) is 3. The molecule has 1 heterocycles. The van der Waals surface area contributed by atoms with E-state index in [9.17, 15) is 0 Å². The number of hydrogen-bond donors (Lipinski definition) is 1. The molecule has 1 aromatic carbocycles. The van der Waals surface area contributed by atoms with Crippen LogP contribution in [0, 0.1) is 0 Å². The molecule has 0 saturated heterocycles.